The maximum absolute atomic E-state index is 10.7. The Bertz CT molecular complexity index is 215. The summed E-state index contributed by atoms with van der Waals surface area (Å²) in [7, 11) is 0. The molecule has 14 heavy (non-hydrogen) atoms. The van der Waals surface area contributed by atoms with Gasteiger partial charge in [-0.15, -0.1) is 0 Å². The monoisotopic (exact) mass is 199 g/mol. The molecule has 1 N–H and O–H groups in total. The van der Waals surface area contributed by atoms with Crippen molar-refractivity contribution < 1.29 is 14.6 Å². The van der Waals surface area contributed by atoms with Crippen LogP contribution in [0.1, 0.15) is 19.3 Å². The molecular weight excluding hydrogens is 182 g/mol. The molecule has 0 aromatic carbocycles. The minimum Gasteiger partial charge on any atom is -0.480 e. The van der Waals surface area contributed by atoms with Gasteiger partial charge in [0.25, 0.3) is 0 Å². The highest BCUT2D eigenvalue weighted by Gasteiger charge is 2.33. The van der Waals surface area contributed by atoms with Gasteiger partial charge in [-0.3, -0.25) is 9.69 Å². The first kappa shape index (κ1) is 9.93. The van der Waals surface area contributed by atoms with Crippen LogP contribution >= 0.6 is 0 Å². The largest absolute Gasteiger partial charge is 0.480 e. The van der Waals surface area contributed by atoms with E-state index in [9.17, 15) is 4.79 Å². The Balaban J connectivity index is 1.58. The number of carboxylic acid groups (broad SMARTS) is 1. The molecule has 0 bridgehead atoms. The molecule has 1 unspecified atom stereocenters. The first-order valence-corrected chi connectivity index (χ1v) is 5.32. The molecule has 0 amide bonds. The third-order valence-electron chi connectivity index (χ3n) is 3.18. The number of hydrogen-bond donors (Lipinski definition) is 1. The van der Waals surface area contributed by atoms with Crippen molar-refractivity contribution in [2.45, 2.75) is 25.3 Å². The van der Waals surface area contributed by atoms with Crippen molar-refractivity contribution in [3.05, 3.63) is 0 Å². The third-order valence-corrected chi connectivity index (χ3v) is 3.18. The lowest BCUT2D eigenvalue weighted by Gasteiger charge is -2.38. The number of likely N-dealkylation sites (tertiary alicyclic amines) is 1. The predicted octanol–water partition coefficient (Wildman–Crippen LogP) is 0.572. The standard InChI is InChI=1S/C10H17NO3/c12-10(13)9-3-5-11(9)4-1-2-8-6-14-7-8/h8-9H,1-7H2,(H,12,13). The van der Waals surface area contributed by atoms with E-state index >= 15 is 0 Å². The van der Waals surface area contributed by atoms with E-state index in [1.54, 1.807) is 0 Å². The lowest BCUT2D eigenvalue weighted by Crippen LogP contribution is -2.52. The zero-order chi connectivity index (χ0) is 9.97. The van der Waals surface area contributed by atoms with E-state index in [0.29, 0.717) is 0 Å². The summed E-state index contributed by atoms with van der Waals surface area (Å²) in [6, 6.07) is -0.201. The Morgan fingerprint density at radius 1 is 1.50 bits per heavy atom. The summed E-state index contributed by atoms with van der Waals surface area (Å²) in [4.78, 5) is 12.8. The number of carboxylic acids is 1. The van der Waals surface area contributed by atoms with Gasteiger partial charge < -0.3 is 9.84 Å². The van der Waals surface area contributed by atoms with E-state index in [1.807, 2.05) is 0 Å². The lowest BCUT2D eigenvalue weighted by molar-refractivity contribution is -0.148. The number of aliphatic carboxylic acids is 1. The number of hydrogen-bond acceptors (Lipinski definition) is 3. The summed E-state index contributed by atoms with van der Waals surface area (Å²) >= 11 is 0. The highest BCUT2D eigenvalue weighted by molar-refractivity contribution is 5.74. The molecule has 2 saturated heterocycles. The van der Waals surface area contributed by atoms with Crippen LogP contribution in [0.3, 0.4) is 0 Å². The summed E-state index contributed by atoms with van der Waals surface area (Å²) in [6.07, 6.45) is 3.11. The Hall–Kier alpha value is -0.610. The summed E-state index contributed by atoms with van der Waals surface area (Å²) in [6.45, 7) is 3.70. The summed E-state index contributed by atoms with van der Waals surface area (Å²) in [5, 5.41) is 8.81. The zero-order valence-electron chi connectivity index (χ0n) is 8.32. The fourth-order valence-electron chi connectivity index (χ4n) is 2.02. The predicted molar refractivity (Wildman–Crippen MR) is 51.2 cm³/mol. The molecule has 2 rings (SSSR count). The van der Waals surface area contributed by atoms with E-state index in [1.165, 1.54) is 6.42 Å². The van der Waals surface area contributed by atoms with Crippen molar-refractivity contribution in [3.8, 4) is 0 Å². The van der Waals surface area contributed by atoms with E-state index in [2.05, 4.69) is 4.90 Å². The van der Waals surface area contributed by atoms with Crippen molar-refractivity contribution in [2.24, 2.45) is 5.92 Å². The average molecular weight is 199 g/mol. The molecule has 1 atom stereocenters. The van der Waals surface area contributed by atoms with Gasteiger partial charge in [0, 0.05) is 12.5 Å². The minimum absolute atomic E-state index is 0.201. The van der Waals surface area contributed by atoms with Crippen molar-refractivity contribution in [2.75, 3.05) is 26.3 Å². The molecule has 0 aliphatic carbocycles. The molecular formula is C10H17NO3. The van der Waals surface area contributed by atoms with Crippen LogP contribution in [0, 0.1) is 5.92 Å². The van der Waals surface area contributed by atoms with Gasteiger partial charge in [-0.25, -0.2) is 0 Å². The topological polar surface area (TPSA) is 49.8 Å². The van der Waals surface area contributed by atoms with E-state index in [4.69, 9.17) is 9.84 Å². The Morgan fingerprint density at radius 2 is 2.29 bits per heavy atom. The Labute approximate surface area is 83.8 Å². The van der Waals surface area contributed by atoms with Crippen LogP contribution in [0.2, 0.25) is 0 Å². The molecule has 2 aliphatic rings. The van der Waals surface area contributed by atoms with Crippen LogP contribution in [0.15, 0.2) is 0 Å². The zero-order valence-corrected chi connectivity index (χ0v) is 8.32. The second-order valence-corrected chi connectivity index (χ2v) is 4.22. The number of ether oxygens (including phenoxy) is 1. The van der Waals surface area contributed by atoms with Crippen molar-refractivity contribution in [1.82, 2.24) is 4.90 Å². The average Bonchev–Trinajstić information content (AvgIpc) is 1.97. The molecule has 0 aromatic rings. The van der Waals surface area contributed by atoms with Crippen LogP contribution in [-0.2, 0) is 9.53 Å². The van der Waals surface area contributed by atoms with Gasteiger partial charge in [0.1, 0.15) is 6.04 Å². The molecule has 2 aliphatic heterocycles. The van der Waals surface area contributed by atoms with Crippen LogP contribution < -0.4 is 0 Å². The van der Waals surface area contributed by atoms with Gasteiger partial charge in [-0.2, -0.15) is 0 Å². The molecule has 0 aromatic heterocycles. The first-order chi connectivity index (χ1) is 6.77. The Kier molecular flexibility index (Phi) is 3.03. The molecule has 2 fully saturated rings. The minimum atomic E-state index is -0.664. The van der Waals surface area contributed by atoms with Gasteiger partial charge in [-0.1, -0.05) is 0 Å². The fourth-order valence-corrected chi connectivity index (χ4v) is 2.02. The molecule has 4 heteroatoms. The molecule has 0 saturated carbocycles. The van der Waals surface area contributed by atoms with Gasteiger partial charge in [0.2, 0.25) is 0 Å². The smallest absolute Gasteiger partial charge is 0.320 e. The van der Waals surface area contributed by atoms with Gasteiger partial charge >= 0.3 is 5.97 Å². The Morgan fingerprint density at radius 3 is 2.71 bits per heavy atom. The van der Waals surface area contributed by atoms with Gasteiger partial charge in [-0.05, 0) is 25.8 Å². The molecule has 0 spiro atoms. The highest BCUT2D eigenvalue weighted by atomic mass is 16.5. The SMILES string of the molecule is O=C(O)C1CCN1CCCC1COC1. The molecule has 4 nitrogen and oxygen atoms in total. The number of carbonyl (C=O) groups is 1. The van der Waals surface area contributed by atoms with Crippen LogP contribution in [0.25, 0.3) is 0 Å². The van der Waals surface area contributed by atoms with Crippen molar-refractivity contribution in [1.29, 1.82) is 0 Å². The second kappa shape index (κ2) is 4.28. The van der Waals surface area contributed by atoms with E-state index < -0.39 is 5.97 Å². The molecule has 2 heterocycles. The van der Waals surface area contributed by atoms with Crippen LogP contribution in [0.4, 0.5) is 0 Å². The normalized spacial score (nSPS) is 28.1. The maximum atomic E-state index is 10.7. The highest BCUT2D eigenvalue weighted by Crippen LogP contribution is 2.21. The number of nitrogens with zero attached hydrogens (tertiary/aromatic N) is 1. The van der Waals surface area contributed by atoms with E-state index in [0.717, 1.165) is 45.1 Å². The number of rotatable bonds is 5. The quantitative estimate of drug-likeness (QED) is 0.703. The molecule has 0 radical (unpaired) electrons. The van der Waals surface area contributed by atoms with Crippen LogP contribution in [-0.4, -0.2) is 48.3 Å². The summed E-state index contributed by atoms with van der Waals surface area (Å²) < 4.78 is 5.08. The summed E-state index contributed by atoms with van der Waals surface area (Å²) in [5.41, 5.74) is 0. The van der Waals surface area contributed by atoms with Gasteiger partial charge in [0.05, 0.1) is 13.2 Å². The fraction of sp³-hybridized carbons (Fsp3) is 0.900. The molecule has 80 valence electrons. The lowest BCUT2D eigenvalue weighted by atomic mass is 9.99. The second-order valence-electron chi connectivity index (χ2n) is 4.22. The van der Waals surface area contributed by atoms with Crippen LogP contribution in [0.5, 0.6) is 0 Å². The van der Waals surface area contributed by atoms with E-state index in [-0.39, 0.29) is 6.04 Å². The summed E-state index contributed by atoms with van der Waals surface area (Å²) in [5.74, 6) is 0.0720. The van der Waals surface area contributed by atoms with Gasteiger partial charge in [0.15, 0.2) is 0 Å². The first-order valence-electron chi connectivity index (χ1n) is 5.32. The van der Waals surface area contributed by atoms with Crippen molar-refractivity contribution >= 4 is 5.97 Å². The third kappa shape index (κ3) is 2.07. The van der Waals surface area contributed by atoms with Crippen molar-refractivity contribution in [3.63, 3.8) is 0 Å². The maximum Gasteiger partial charge on any atom is 0.320 e.